The molecule has 0 radical (unpaired) electrons. The second-order valence-corrected chi connectivity index (χ2v) is 5.30. The van der Waals surface area contributed by atoms with Crippen LogP contribution in [0.4, 0.5) is 11.4 Å². The van der Waals surface area contributed by atoms with Crippen LogP contribution in [0.5, 0.6) is 0 Å². The maximum atomic E-state index is 12.2. The van der Waals surface area contributed by atoms with Crippen LogP contribution < -0.4 is 15.5 Å². The molecule has 20 heavy (non-hydrogen) atoms. The van der Waals surface area contributed by atoms with Crippen molar-refractivity contribution in [3.63, 3.8) is 0 Å². The highest BCUT2D eigenvalue weighted by Crippen LogP contribution is 2.24. The molecule has 0 saturated carbocycles. The molecule has 0 aromatic heterocycles. The quantitative estimate of drug-likeness (QED) is 0.805. The van der Waals surface area contributed by atoms with E-state index in [1.165, 1.54) is 0 Å². The van der Waals surface area contributed by atoms with Crippen LogP contribution >= 0.6 is 0 Å². The minimum Gasteiger partial charge on any atom is -0.376 e. The molecule has 1 amide bonds. The second kappa shape index (κ2) is 7.78. The molecule has 1 aromatic carbocycles. The van der Waals surface area contributed by atoms with Crippen LogP contribution in [0.3, 0.4) is 0 Å². The highest BCUT2D eigenvalue weighted by atomic mass is 16.2. The number of nitrogens with one attached hydrogen (secondary N) is 2. The molecule has 0 heterocycles. The van der Waals surface area contributed by atoms with Crippen molar-refractivity contribution in [2.75, 3.05) is 24.3 Å². The van der Waals surface area contributed by atoms with Crippen LogP contribution in [-0.4, -0.2) is 32.1 Å². The molecule has 0 bridgehead atoms. The standard InChI is InChI=1S/C16H27N3O/c1-6-13(7-2)18-16(20)12(3)17-14-10-8-9-11-15(14)19(4)5/h8-13,17H,6-7H2,1-5H3,(H,18,20). The molecule has 0 aliphatic heterocycles. The van der Waals surface area contributed by atoms with Crippen molar-refractivity contribution in [2.24, 2.45) is 0 Å². The predicted octanol–water partition coefficient (Wildman–Crippen LogP) is 2.86. The van der Waals surface area contributed by atoms with Crippen molar-refractivity contribution in [1.82, 2.24) is 5.32 Å². The normalized spacial score (nSPS) is 12.1. The third kappa shape index (κ3) is 4.44. The zero-order valence-corrected chi connectivity index (χ0v) is 13.2. The molecule has 0 fully saturated rings. The van der Waals surface area contributed by atoms with Gasteiger partial charge in [-0.05, 0) is 31.9 Å². The highest BCUT2D eigenvalue weighted by molar-refractivity contribution is 5.86. The Morgan fingerprint density at radius 1 is 1.20 bits per heavy atom. The monoisotopic (exact) mass is 277 g/mol. The maximum absolute atomic E-state index is 12.2. The van der Waals surface area contributed by atoms with Gasteiger partial charge in [-0.15, -0.1) is 0 Å². The first-order valence-electron chi connectivity index (χ1n) is 7.32. The smallest absolute Gasteiger partial charge is 0.242 e. The summed E-state index contributed by atoms with van der Waals surface area (Å²) in [5, 5.41) is 6.36. The van der Waals surface area contributed by atoms with Gasteiger partial charge >= 0.3 is 0 Å². The number of anilines is 2. The number of carbonyl (C=O) groups excluding carboxylic acids is 1. The predicted molar refractivity (Wildman–Crippen MR) is 86.4 cm³/mol. The number of hydrogen-bond acceptors (Lipinski definition) is 3. The fourth-order valence-corrected chi connectivity index (χ4v) is 2.10. The number of carbonyl (C=O) groups is 1. The summed E-state index contributed by atoms with van der Waals surface area (Å²) in [5.41, 5.74) is 2.05. The van der Waals surface area contributed by atoms with E-state index in [-0.39, 0.29) is 18.0 Å². The molecule has 1 rings (SSSR count). The highest BCUT2D eigenvalue weighted by Gasteiger charge is 2.16. The van der Waals surface area contributed by atoms with Gasteiger partial charge in [-0.3, -0.25) is 4.79 Å². The van der Waals surface area contributed by atoms with Gasteiger partial charge in [0.15, 0.2) is 0 Å². The first-order valence-corrected chi connectivity index (χ1v) is 7.32. The Hall–Kier alpha value is -1.71. The van der Waals surface area contributed by atoms with Gasteiger partial charge in [-0.25, -0.2) is 0 Å². The fraction of sp³-hybridized carbons (Fsp3) is 0.562. The number of para-hydroxylation sites is 2. The second-order valence-electron chi connectivity index (χ2n) is 5.30. The van der Waals surface area contributed by atoms with Gasteiger partial charge in [-0.2, -0.15) is 0 Å². The lowest BCUT2D eigenvalue weighted by molar-refractivity contribution is -0.122. The molecule has 0 spiro atoms. The summed E-state index contributed by atoms with van der Waals surface area (Å²) in [4.78, 5) is 14.2. The number of hydrogen-bond donors (Lipinski definition) is 2. The van der Waals surface area contributed by atoms with E-state index in [1.807, 2.05) is 50.2 Å². The SMILES string of the molecule is CCC(CC)NC(=O)C(C)Nc1ccccc1N(C)C. The van der Waals surface area contributed by atoms with Gasteiger partial charge < -0.3 is 15.5 Å². The molecule has 0 aliphatic carbocycles. The maximum Gasteiger partial charge on any atom is 0.242 e. The number of amides is 1. The van der Waals surface area contributed by atoms with Crippen molar-refractivity contribution >= 4 is 17.3 Å². The molecular weight excluding hydrogens is 250 g/mol. The summed E-state index contributed by atoms with van der Waals surface area (Å²) >= 11 is 0. The first-order chi connectivity index (χ1) is 9.49. The largest absolute Gasteiger partial charge is 0.376 e. The zero-order chi connectivity index (χ0) is 15.1. The summed E-state index contributed by atoms with van der Waals surface area (Å²) in [6.45, 7) is 6.08. The van der Waals surface area contributed by atoms with Crippen LogP contribution in [0, 0.1) is 0 Å². The van der Waals surface area contributed by atoms with Crippen LogP contribution in [0.15, 0.2) is 24.3 Å². The van der Waals surface area contributed by atoms with E-state index in [4.69, 9.17) is 0 Å². The van der Waals surface area contributed by atoms with Crippen molar-refractivity contribution < 1.29 is 4.79 Å². The molecule has 1 atom stereocenters. The zero-order valence-electron chi connectivity index (χ0n) is 13.2. The van der Waals surface area contributed by atoms with E-state index in [0.717, 1.165) is 24.2 Å². The first kappa shape index (κ1) is 16.3. The summed E-state index contributed by atoms with van der Waals surface area (Å²) in [5.74, 6) is 0.0484. The molecule has 112 valence electrons. The lowest BCUT2D eigenvalue weighted by Crippen LogP contribution is -2.43. The molecule has 4 nitrogen and oxygen atoms in total. The molecule has 1 aromatic rings. The van der Waals surface area contributed by atoms with Crippen LogP contribution in [0.25, 0.3) is 0 Å². The van der Waals surface area contributed by atoms with Crippen LogP contribution in [0.2, 0.25) is 0 Å². The van der Waals surface area contributed by atoms with E-state index >= 15 is 0 Å². The van der Waals surface area contributed by atoms with Crippen molar-refractivity contribution in [2.45, 2.75) is 45.7 Å². The minimum absolute atomic E-state index is 0.0484. The van der Waals surface area contributed by atoms with Gasteiger partial charge in [0.05, 0.1) is 11.4 Å². The van der Waals surface area contributed by atoms with Gasteiger partial charge in [0.25, 0.3) is 0 Å². The van der Waals surface area contributed by atoms with Crippen molar-refractivity contribution in [3.05, 3.63) is 24.3 Å². The summed E-state index contributed by atoms with van der Waals surface area (Å²) in [6.07, 6.45) is 1.92. The van der Waals surface area contributed by atoms with Gasteiger partial charge in [0.2, 0.25) is 5.91 Å². The van der Waals surface area contributed by atoms with Crippen molar-refractivity contribution in [1.29, 1.82) is 0 Å². The summed E-state index contributed by atoms with van der Waals surface area (Å²) in [6, 6.07) is 8.01. The van der Waals surface area contributed by atoms with Crippen LogP contribution in [0.1, 0.15) is 33.6 Å². The lowest BCUT2D eigenvalue weighted by atomic mass is 10.1. The van der Waals surface area contributed by atoms with Gasteiger partial charge in [0, 0.05) is 20.1 Å². The van der Waals surface area contributed by atoms with Crippen molar-refractivity contribution in [3.8, 4) is 0 Å². The Morgan fingerprint density at radius 3 is 2.35 bits per heavy atom. The Bertz CT molecular complexity index is 427. The van der Waals surface area contributed by atoms with Crippen LogP contribution in [-0.2, 0) is 4.79 Å². The van der Waals surface area contributed by atoms with E-state index in [2.05, 4.69) is 24.5 Å². The van der Waals surface area contributed by atoms with Gasteiger partial charge in [0.1, 0.15) is 6.04 Å². The molecule has 0 saturated heterocycles. The Morgan fingerprint density at radius 2 is 1.80 bits per heavy atom. The van der Waals surface area contributed by atoms with E-state index in [0.29, 0.717) is 0 Å². The topological polar surface area (TPSA) is 44.4 Å². The molecule has 2 N–H and O–H groups in total. The number of nitrogens with zero attached hydrogens (tertiary/aromatic N) is 1. The summed E-state index contributed by atoms with van der Waals surface area (Å²) in [7, 11) is 3.99. The number of rotatable bonds is 7. The minimum atomic E-state index is -0.253. The molecule has 1 unspecified atom stereocenters. The van der Waals surface area contributed by atoms with E-state index < -0.39 is 0 Å². The average Bonchev–Trinajstić information content (AvgIpc) is 2.44. The molecule has 0 aliphatic rings. The third-order valence-corrected chi connectivity index (χ3v) is 3.48. The Kier molecular flexibility index (Phi) is 6.36. The van der Waals surface area contributed by atoms with E-state index in [9.17, 15) is 4.79 Å². The van der Waals surface area contributed by atoms with E-state index in [1.54, 1.807) is 0 Å². The van der Waals surface area contributed by atoms with Gasteiger partial charge in [-0.1, -0.05) is 26.0 Å². The molecular formula is C16H27N3O. The third-order valence-electron chi connectivity index (χ3n) is 3.48. The number of benzene rings is 1. The fourth-order valence-electron chi connectivity index (χ4n) is 2.10. The Balaban J connectivity index is 2.70. The average molecular weight is 277 g/mol. The molecule has 4 heteroatoms. The summed E-state index contributed by atoms with van der Waals surface area (Å²) < 4.78 is 0. The Labute approximate surface area is 122 Å². The lowest BCUT2D eigenvalue weighted by Gasteiger charge is -2.23.